The first-order valence-electron chi connectivity index (χ1n) is 13.7. The fourth-order valence-corrected chi connectivity index (χ4v) is 5.35. The van der Waals surface area contributed by atoms with Crippen LogP contribution in [0.15, 0.2) is 67.4 Å². The monoisotopic (exact) mass is 567 g/mol. The molecule has 0 radical (unpaired) electrons. The predicted octanol–water partition coefficient (Wildman–Crippen LogP) is 5.30. The number of fused-ring (bicyclic) bond motifs is 1. The van der Waals surface area contributed by atoms with E-state index in [0.717, 1.165) is 47.1 Å². The van der Waals surface area contributed by atoms with Gasteiger partial charge in [0, 0.05) is 74.0 Å². The maximum atomic E-state index is 14.4. The minimum atomic E-state index is -0.479. The lowest BCUT2D eigenvalue weighted by Gasteiger charge is -2.23. The van der Waals surface area contributed by atoms with Crippen molar-refractivity contribution in [3.05, 3.63) is 84.6 Å². The molecule has 0 saturated carbocycles. The minimum Gasteiger partial charge on any atom is -0.489 e. The number of aromatic nitrogens is 5. The number of amides is 1. The van der Waals surface area contributed by atoms with Gasteiger partial charge in [-0.05, 0) is 37.5 Å². The van der Waals surface area contributed by atoms with Gasteiger partial charge in [0.05, 0.1) is 5.39 Å². The zero-order chi connectivity index (χ0) is 29.2. The van der Waals surface area contributed by atoms with Crippen LogP contribution in [0.1, 0.15) is 31.2 Å². The number of carbonyl (C=O) groups excluding carboxylic acids is 1. The molecule has 42 heavy (non-hydrogen) atoms. The Morgan fingerprint density at radius 1 is 1.05 bits per heavy atom. The number of hydrogen-bond donors (Lipinski definition) is 1. The molecule has 0 bridgehead atoms. The van der Waals surface area contributed by atoms with Crippen molar-refractivity contribution < 1.29 is 18.7 Å². The van der Waals surface area contributed by atoms with Gasteiger partial charge in [0.15, 0.2) is 0 Å². The molecule has 6 rings (SSSR count). The molecule has 5 aromatic rings. The van der Waals surface area contributed by atoms with Crippen LogP contribution < -0.4 is 15.2 Å². The molecule has 1 atom stereocenters. The largest absolute Gasteiger partial charge is 0.489 e. The van der Waals surface area contributed by atoms with Gasteiger partial charge in [-0.15, -0.1) is 0 Å². The molecule has 1 unspecified atom stereocenters. The molecule has 11 heteroatoms. The quantitative estimate of drug-likeness (QED) is 0.268. The van der Waals surface area contributed by atoms with Gasteiger partial charge in [-0.2, -0.15) is 0 Å². The number of carbonyl (C=O) groups is 1. The normalized spacial score (nSPS) is 14.8. The lowest BCUT2D eigenvalue weighted by Crippen LogP contribution is -2.36. The molecule has 1 aliphatic rings. The number of ether oxygens (including phenoxy) is 2. The van der Waals surface area contributed by atoms with E-state index in [-0.39, 0.29) is 18.6 Å². The smallest absolute Gasteiger partial charge is 0.219 e. The fourth-order valence-electron chi connectivity index (χ4n) is 5.35. The fraction of sp³-hybridized carbons (Fsp3) is 0.258. The number of likely N-dealkylation sites (tertiary alicyclic amines) is 1. The number of nitrogen functional groups attached to an aromatic ring is 1. The number of aryl methyl sites for hydroxylation is 1. The number of hydrogen-bond acceptors (Lipinski definition) is 8. The first-order valence-corrected chi connectivity index (χ1v) is 13.7. The number of halogens is 1. The molecule has 2 N–H and O–H groups in total. The zero-order valence-electron chi connectivity index (χ0n) is 23.3. The van der Waals surface area contributed by atoms with Crippen molar-refractivity contribution in [2.45, 2.75) is 45.9 Å². The van der Waals surface area contributed by atoms with E-state index in [1.54, 1.807) is 32.3 Å². The van der Waals surface area contributed by atoms with Crippen LogP contribution in [-0.2, 0) is 17.9 Å². The summed E-state index contributed by atoms with van der Waals surface area (Å²) < 4.78 is 28.1. The van der Waals surface area contributed by atoms with Crippen molar-refractivity contribution in [1.29, 1.82) is 0 Å². The van der Waals surface area contributed by atoms with Crippen LogP contribution in [0.2, 0.25) is 0 Å². The van der Waals surface area contributed by atoms with Gasteiger partial charge in [0.1, 0.15) is 53.3 Å². The minimum absolute atomic E-state index is 0.0803. The van der Waals surface area contributed by atoms with E-state index in [1.165, 1.54) is 18.5 Å². The average molecular weight is 568 g/mol. The molecule has 1 fully saturated rings. The highest BCUT2D eigenvalue weighted by Gasteiger charge is 2.28. The Morgan fingerprint density at radius 3 is 2.57 bits per heavy atom. The highest BCUT2D eigenvalue weighted by atomic mass is 19.1. The molecule has 3 aromatic heterocycles. The van der Waals surface area contributed by atoms with Crippen molar-refractivity contribution in [2.24, 2.45) is 0 Å². The van der Waals surface area contributed by atoms with E-state index >= 15 is 0 Å². The van der Waals surface area contributed by atoms with E-state index in [0.29, 0.717) is 35.4 Å². The summed E-state index contributed by atoms with van der Waals surface area (Å²) in [5, 5.41) is 0.754. The van der Waals surface area contributed by atoms with Crippen LogP contribution in [-0.4, -0.2) is 47.9 Å². The Hall–Kier alpha value is -5.06. The van der Waals surface area contributed by atoms with Crippen LogP contribution in [0.25, 0.3) is 22.2 Å². The molecule has 1 aliphatic heterocycles. The van der Waals surface area contributed by atoms with Gasteiger partial charge in [0.2, 0.25) is 5.91 Å². The van der Waals surface area contributed by atoms with Crippen LogP contribution in [0.5, 0.6) is 17.2 Å². The van der Waals surface area contributed by atoms with Crippen molar-refractivity contribution in [2.75, 3.05) is 12.3 Å². The Balaban J connectivity index is 1.21. The number of rotatable bonds is 8. The SMILES string of the molecule is CC(=O)N1CCCC1Cn1cc(-c2ccc(Oc3cc(F)cc(OCc4cnc(C)nc4)c3)cc2)c2c(N)ncnc21. The summed E-state index contributed by atoms with van der Waals surface area (Å²) >= 11 is 0. The Morgan fingerprint density at radius 2 is 1.81 bits per heavy atom. The van der Waals surface area contributed by atoms with Gasteiger partial charge in [-0.25, -0.2) is 24.3 Å². The summed E-state index contributed by atoms with van der Waals surface area (Å²) in [6.45, 7) is 5.00. The van der Waals surface area contributed by atoms with Crippen LogP contribution in [0.3, 0.4) is 0 Å². The van der Waals surface area contributed by atoms with Crippen molar-refractivity contribution in [3.8, 4) is 28.4 Å². The lowest BCUT2D eigenvalue weighted by molar-refractivity contribution is -0.129. The molecular formula is C31H30FN7O3. The molecule has 0 spiro atoms. The Kier molecular flexibility index (Phi) is 7.39. The second kappa shape index (κ2) is 11.4. The van der Waals surface area contributed by atoms with Gasteiger partial charge < -0.3 is 24.7 Å². The number of nitrogens with zero attached hydrogens (tertiary/aromatic N) is 6. The third-order valence-corrected chi connectivity index (χ3v) is 7.36. The standard InChI is InChI=1S/C31H30FN7O3/c1-19-34-13-21(14-35-19)17-41-26-10-23(32)11-27(12-26)42-25-7-5-22(6-8-25)28-16-38(31-29(28)30(33)36-18-37-31)15-24-4-3-9-39(24)20(2)40/h5-8,10-14,16,18,24H,3-4,9,15,17H2,1-2H3,(H2,33,36,37). The first kappa shape index (κ1) is 27.1. The molecule has 214 valence electrons. The van der Waals surface area contributed by atoms with E-state index in [1.807, 2.05) is 35.4 Å². The maximum absolute atomic E-state index is 14.4. The van der Waals surface area contributed by atoms with Crippen molar-refractivity contribution in [3.63, 3.8) is 0 Å². The summed E-state index contributed by atoms with van der Waals surface area (Å²) in [7, 11) is 0. The number of benzene rings is 2. The molecule has 1 saturated heterocycles. The summed E-state index contributed by atoms with van der Waals surface area (Å²) in [5.74, 6) is 1.81. The third kappa shape index (κ3) is 5.71. The van der Waals surface area contributed by atoms with E-state index in [9.17, 15) is 9.18 Å². The van der Waals surface area contributed by atoms with Crippen LogP contribution >= 0.6 is 0 Å². The van der Waals surface area contributed by atoms with E-state index in [2.05, 4.69) is 24.5 Å². The summed E-state index contributed by atoms with van der Waals surface area (Å²) in [6, 6.07) is 11.8. The molecule has 1 amide bonds. The highest BCUT2D eigenvalue weighted by molar-refractivity contribution is 6.00. The van der Waals surface area contributed by atoms with E-state index < -0.39 is 5.82 Å². The lowest BCUT2D eigenvalue weighted by atomic mass is 10.1. The Bertz CT molecular complexity index is 1740. The zero-order valence-corrected chi connectivity index (χ0v) is 23.3. The number of nitrogens with two attached hydrogens (primary N) is 1. The van der Waals surface area contributed by atoms with Gasteiger partial charge in [-0.1, -0.05) is 12.1 Å². The second-order valence-electron chi connectivity index (χ2n) is 10.3. The van der Waals surface area contributed by atoms with Gasteiger partial charge >= 0.3 is 0 Å². The van der Waals surface area contributed by atoms with Crippen LogP contribution in [0.4, 0.5) is 10.2 Å². The molecule has 4 heterocycles. The molecule has 0 aliphatic carbocycles. The molecule has 10 nitrogen and oxygen atoms in total. The van der Waals surface area contributed by atoms with Gasteiger partial charge in [-0.3, -0.25) is 4.79 Å². The average Bonchev–Trinajstić information content (AvgIpc) is 3.59. The van der Waals surface area contributed by atoms with Gasteiger partial charge in [0.25, 0.3) is 0 Å². The third-order valence-electron chi connectivity index (χ3n) is 7.36. The van der Waals surface area contributed by atoms with Crippen LogP contribution in [0, 0.1) is 12.7 Å². The van der Waals surface area contributed by atoms with Crippen molar-refractivity contribution in [1.82, 2.24) is 29.4 Å². The first-order chi connectivity index (χ1) is 20.3. The van der Waals surface area contributed by atoms with E-state index in [4.69, 9.17) is 15.2 Å². The number of anilines is 1. The summed E-state index contributed by atoms with van der Waals surface area (Å²) in [4.78, 5) is 31.1. The van der Waals surface area contributed by atoms with Crippen molar-refractivity contribution >= 4 is 22.8 Å². The highest BCUT2D eigenvalue weighted by Crippen LogP contribution is 2.35. The molecular weight excluding hydrogens is 537 g/mol. The Labute approximate surface area is 242 Å². The molecule has 2 aromatic carbocycles. The topological polar surface area (TPSA) is 121 Å². The summed E-state index contributed by atoms with van der Waals surface area (Å²) in [5.41, 5.74) is 9.58. The predicted molar refractivity (Wildman–Crippen MR) is 155 cm³/mol. The maximum Gasteiger partial charge on any atom is 0.219 e. The summed E-state index contributed by atoms with van der Waals surface area (Å²) in [6.07, 6.45) is 8.74. The second-order valence-corrected chi connectivity index (χ2v) is 10.3.